The molecule has 3 aromatic carbocycles. The van der Waals surface area contributed by atoms with Crippen LogP contribution in [-0.2, 0) is 0 Å². The van der Waals surface area contributed by atoms with E-state index in [-0.39, 0.29) is 5.91 Å². The first-order chi connectivity index (χ1) is 15.2. The Hall–Kier alpha value is -4.04. The monoisotopic (exact) mass is 428 g/mol. The molecule has 0 aliphatic rings. The van der Waals surface area contributed by atoms with Gasteiger partial charge in [-0.25, -0.2) is 4.98 Å². The third-order valence-corrected chi connectivity index (χ3v) is 5.60. The summed E-state index contributed by atoms with van der Waals surface area (Å²) in [6.07, 6.45) is 0. The summed E-state index contributed by atoms with van der Waals surface area (Å²) in [5.74, 6) is 1.26. The van der Waals surface area contributed by atoms with Gasteiger partial charge in [-0.2, -0.15) is 0 Å². The van der Waals surface area contributed by atoms with Gasteiger partial charge in [-0.1, -0.05) is 35.6 Å². The number of thiazole rings is 1. The largest absolute Gasteiger partial charge is 0.494 e. The second-order valence-corrected chi connectivity index (χ2v) is 7.67. The maximum absolute atomic E-state index is 12.7. The number of benzene rings is 3. The summed E-state index contributed by atoms with van der Waals surface area (Å²) in [6.45, 7) is 0. The van der Waals surface area contributed by atoms with Gasteiger partial charge in [-0.15, -0.1) is 10.2 Å². The molecule has 2 heterocycles. The number of para-hydroxylation sites is 1. The van der Waals surface area contributed by atoms with Gasteiger partial charge in [0.2, 0.25) is 11.8 Å². The molecule has 152 valence electrons. The van der Waals surface area contributed by atoms with Crippen molar-refractivity contribution >= 4 is 32.6 Å². The standard InChI is InChI=1S/C23H16N4O3S/c1-29-17-8-5-9-18-19(17)24-23(31-18)25-20(28)14-10-12-16(13-11-14)22-27-26-21(30-22)15-6-3-2-4-7-15/h2-13H,1H3,(H,24,25,28). The first kappa shape index (κ1) is 19.0. The minimum absolute atomic E-state index is 0.250. The van der Waals surface area contributed by atoms with Gasteiger partial charge >= 0.3 is 0 Å². The van der Waals surface area contributed by atoms with Crippen molar-refractivity contribution in [2.45, 2.75) is 0 Å². The summed E-state index contributed by atoms with van der Waals surface area (Å²) < 4.78 is 12.0. The second-order valence-electron chi connectivity index (χ2n) is 6.64. The summed E-state index contributed by atoms with van der Waals surface area (Å²) in [6, 6.07) is 22.2. The Morgan fingerprint density at radius 3 is 2.32 bits per heavy atom. The van der Waals surface area contributed by atoms with Crippen LogP contribution in [0.1, 0.15) is 10.4 Å². The molecule has 0 saturated heterocycles. The summed E-state index contributed by atoms with van der Waals surface area (Å²) in [5.41, 5.74) is 2.81. The highest BCUT2D eigenvalue weighted by atomic mass is 32.1. The normalized spacial score (nSPS) is 10.9. The number of fused-ring (bicyclic) bond motifs is 1. The number of amides is 1. The molecule has 31 heavy (non-hydrogen) atoms. The van der Waals surface area contributed by atoms with Crippen molar-refractivity contribution in [3.63, 3.8) is 0 Å². The molecule has 0 aliphatic heterocycles. The number of aromatic nitrogens is 3. The Balaban J connectivity index is 1.33. The lowest BCUT2D eigenvalue weighted by molar-refractivity contribution is 0.102. The molecule has 0 atom stereocenters. The van der Waals surface area contributed by atoms with Crippen LogP contribution < -0.4 is 10.1 Å². The van der Waals surface area contributed by atoms with Crippen LogP contribution in [0.15, 0.2) is 77.2 Å². The van der Waals surface area contributed by atoms with Crippen LogP contribution in [0.5, 0.6) is 5.75 Å². The predicted octanol–water partition coefficient (Wildman–Crippen LogP) is 5.27. The molecular weight excluding hydrogens is 412 g/mol. The van der Waals surface area contributed by atoms with Gasteiger partial charge in [-0.3, -0.25) is 10.1 Å². The third kappa shape index (κ3) is 3.76. The zero-order chi connectivity index (χ0) is 21.2. The lowest BCUT2D eigenvalue weighted by Gasteiger charge is -2.02. The number of nitrogens with one attached hydrogen (secondary N) is 1. The average molecular weight is 428 g/mol. The minimum Gasteiger partial charge on any atom is -0.494 e. The van der Waals surface area contributed by atoms with E-state index in [2.05, 4.69) is 20.5 Å². The van der Waals surface area contributed by atoms with Crippen LogP contribution in [0, 0.1) is 0 Å². The van der Waals surface area contributed by atoms with Crippen molar-refractivity contribution in [1.82, 2.24) is 15.2 Å². The molecule has 0 aliphatic carbocycles. The van der Waals surface area contributed by atoms with E-state index >= 15 is 0 Å². The van der Waals surface area contributed by atoms with Gasteiger partial charge in [0.15, 0.2) is 5.13 Å². The van der Waals surface area contributed by atoms with E-state index in [0.717, 1.165) is 21.3 Å². The second kappa shape index (κ2) is 8.00. The molecule has 1 amide bonds. The fraction of sp³-hybridized carbons (Fsp3) is 0.0435. The number of hydrogen-bond acceptors (Lipinski definition) is 7. The zero-order valence-electron chi connectivity index (χ0n) is 16.4. The van der Waals surface area contributed by atoms with E-state index < -0.39 is 0 Å². The van der Waals surface area contributed by atoms with Crippen molar-refractivity contribution < 1.29 is 13.9 Å². The molecule has 0 bridgehead atoms. The third-order valence-electron chi connectivity index (χ3n) is 4.66. The van der Waals surface area contributed by atoms with E-state index in [1.165, 1.54) is 11.3 Å². The van der Waals surface area contributed by atoms with Crippen LogP contribution in [-0.4, -0.2) is 28.2 Å². The Morgan fingerprint density at radius 1 is 0.903 bits per heavy atom. The number of carbonyl (C=O) groups excluding carboxylic acids is 1. The number of anilines is 1. The SMILES string of the molecule is COc1cccc2sc(NC(=O)c3ccc(-c4nnc(-c5ccccc5)o4)cc3)nc12. The summed E-state index contributed by atoms with van der Waals surface area (Å²) in [4.78, 5) is 17.1. The number of ether oxygens (including phenoxy) is 1. The minimum atomic E-state index is -0.250. The zero-order valence-corrected chi connectivity index (χ0v) is 17.2. The summed E-state index contributed by atoms with van der Waals surface area (Å²) in [7, 11) is 1.60. The summed E-state index contributed by atoms with van der Waals surface area (Å²) in [5, 5.41) is 11.6. The first-order valence-electron chi connectivity index (χ1n) is 9.45. The van der Waals surface area contributed by atoms with Crippen LogP contribution >= 0.6 is 11.3 Å². The van der Waals surface area contributed by atoms with E-state index in [1.54, 1.807) is 31.4 Å². The molecule has 5 aromatic rings. The Morgan fingerprint density at radius 2 is 1.61 bits per heavy atom. The van der Waals surface area contributed by atoms with Crippen molar-refractivity contribution in [2.24, 2.45) is 0 Å². The molecule has 8 heteroatoms. The van der Waals surface area contributed by atoms with Crippen molar-refractivity contribution in [3.05, 3.63) is 78.4 Å². The van der Waals surface area contributed by atoms with Crippen LogP contribution in [0.4, 0.5) is 5.13 Å². The van der Waals surface area contributed by atoms with Gasteiger partial charge < -0.3 is 9.15 Å². The smallest absolute Gasteiger partial charge is 0.257 e. The Kier molecular flexibility index (Phi) is 4.89. The molecule has 0 fully saturated rings. The highest BCUT2D eigenvalue weighted by molar-refractivity contribution is 7.22. The maximum atomic E-state index is 12.7. The Labute approximate surface area is 181 Å². The lowest BCUT2D eigenvalue weighted by Crippen LogP contribution is -2.11. The average Bonchev–Trinajstić information content (AvgIpc) is 3.47. The van der Waals surface area contributed by atoms with E-state index in [0.29, 0.717) is 28.2 Å². The fourth-order valence-electron chi connectivity index (χ4n) is 3.11. The highest BCUT2D eigenvalue weighted by Gasteiger charge is 2.14. The van der Waals surface area contributed by atoms with Crippen LogP contribution in [0.2, 0.25) is 0 Å². The van der Waals surface area contributed by atoms with Gasteiger partial charge in [0.1, 0.15) is 11.3 Å². The molecule has 0 spiro atoms. The maximum Gasteiger partial charge on any atom is 0.257 e. The quantitative estimate of drug-likeness (QED) is 0.410. The molecule has 2 aromatic heterocycles. The fourth-order valence-corrected chi connectivity index (χ4v) is 3.99. The van der Waals surface area contributed by atoms with Crippen molar-refractivity contribution in [3.8, 4) is 28.7 Å². The molecule has 0 saturated carbocycles. The number of carbonyl (C=O) groups is 1. The molecule has 0 unspecified atom stereocenters. The van der Waals surface area contributed by atoms with E-state index in [4.69, 9.17) is 9.15 Å². The predicted molar refractivity (Wildman–Crippen MR) is 119 cm³/mol. The Bertz CT molecular complexity index is 1360. The van der Waals surface area contributed by atoms with Gasteiger partial charge in [-0.05, 0) is 48.5 Å². The molecular formula is C23H16N4O3S. The first-order valence-corrected chi connectivity index (χ1v) is 10.3. The molecule has 0 radical (unpaired) electrons. The molecule has 5 rings (SSSR count). The van der Waals surface area contributed by atoms with Gasteiger partial charge in [0.05, 0.1) is 11.8 Å². The van der Waals surface area contributed by atoms with Crippen LogP contribution in [0.25, 0.3) is 33.1 Å². The topological polar surface area (TPSA) is 90.1 Å². The lowest BCUT2D eigenvalue weighted by atomic mass is 10.1. The number of hydrogen-bond donors (Lipinski definition) is 1. The molecule has 1 N–H and O–H groups in total. The summed E-state index contributed by atoms with van der Waals surface area (Å²) >= 11 is 1.39. The number of methoxy groups -OCH3 is 1. The van der Waals surface area contributed by atoms with E-state index in [1.807, 2.05) is 48.5 Å². The van der Waals surface area contributed by atoms with Gasteiger partial charge in [0, 0.05) is 16.7 Å². The number of nitrogens with zero attached hydrogens (tertiary/aromatic N) is 3. The molecule has 7 nitrogen and oxygen atoms in total. The van der Waals surface area contributed by atoms with Crippen LogP contribution in [0.3, 0.4) is 0 Å². The van der Waals surface area contributed by atoms with Gasteiger partial charge in [0.25, 0.3) is 5.91 Å². The highest BCUT2D eigenvalue weighted by Crippen LogP contribution is 2.32. The van der Waals surface area contributed by atoms with E-state index in [9.17, 15) is 4.79 Å². The number of rotatable bonds is 5. The van der Waals surface area contributed by atoms with Crippen molar-refractivity contribution in [2.75, 3.05) is 12.4 Å². The van der Waals surface area contributed by atoms with Crippen molar-refractivity contribution in [1.29, 1.82) is 0 Å².